The molecule has 0 spiro atoms. The summed E-state index contributed by atoms with van der Waals surface area (Å²) in [5.41, 5.74) is 1.55. The summed E-state index contributed by atoms with van der Waals surface area (Å²) in [7, 11) is 0. The van der Waals surface area contributed by atoms with E-state index in [1.54, 1.807) is 12.3 Å². The van der Waals surface area contributed by atoms with Gasteiger partial charge in [-0.2, -0.15) is 5.10 Å². The molecule has 0 atom stereocenters. The highest BCUT2D eigenvalue weighted by Crippen LogP contribution is 2.16. The van der Waals surface area contributed by atoms with Crippen molar-refractivity contribution in [3.63, 3.8) is 0 Å². The van der Waals surface area contributed by atoms with E-state index in [-0.39, 0.29) is 17.8 Å². The minimum atomic E-state index is -0.394. The molecule has 126 valence electrons. The molecule has 0 bridgehead atoms. The number of hydrogen-bond acceptors (Lipinski definition) is 5. The summed E-state index contributed by atoms with van der Waals surface area (Å²) in [4.78, 5) is 27.3. The molecule has 3 rings (SSSR count). The molecule has 25 heavy (non-hydrogen) atoms. The van der Waals surface area contributed by atoms with Gasteiger partial charge in [0.1, 0.15) is 12.3 Å². The lowest BCUT2D eigenvalue weighted by Gasteiger charge is -2.11. The van der Waals surface area contributed by atoms with E-state index in [2.05, 4.69) is 20.5 Å². The molecule has 2 N–H and O–H groups in total. The molecule has 1 amide bonds. The van der Waals surface area contributed by atoms with E-state index in [0.29, 0.717) is 12.5 Å². The number of nitrogens with zero attached hydrogens (tertiary/aromatic N) is 2. The van der Waals surface area contributed by atoms with Crippen molar-refractivity contribution in [3.05, 3.63) is 88.0 Å². The van der Waals surface area contributed by atoms with Crippen molar-refractivity contribution in [2.24, 2.45) is 0 Å². The predicted octanol–water partition coefficient (Wildman–Crippen LogP) is 1.67. The van der Waals surface area contributed by atoms with E-state index in [1.165, 1.54) is 12.1 Å². The van der Waals surface area contributed by atoms with Gasteiger partial charge in [-0.3, -0.25) is 9.59 Å². The first-order valence-corrected chi connectivity index (χ1v) is 7.67. The van der Waals surface area contributed by atoms with Gasteiger partial charge in [-0.05, 0) is 17.7 Å². The zero-order valence-electron chi connectivity index (χ0n) is 13.3. The maximum absolute atomic E-state index is 12.1. The third-order valence-corrected chi connectivity index (χ3v) is 3.42. The second-order valence-electron chi connectivity index (χ2n) is 5.23. The third kappa shape index (κ3) is 4.51. The van der Waals surface area contributed by atoms with Crippen molar-refractivity contribution in [2.75, 3.05) is 0 Å². The molecular weight excluding hydrogens is 320 g/mol. The molecule has 2 aromatic heterocycles. The van der Waals surface area contributed by atoms with Crippen LogP contribution in [0.1, 0.15) is 21.6 Å². The molecule has 0 aliphatic rings. The Morgan fingerprint density at radius 1 is 1.08 bits per heavy atom. The van der Waals surface area contributed by atoms with Crippen LogP contribution in [0.3, 0.4) is 0 Å². The van der Waals surface area contributed by atoms with Crippen LogP contribution in [0, 0.1) is 0 Å². The van der Waals surface area contributed by atoms with Crippen LogP contribution in [0.5, 0.6) is 5.88 Å². The Morgan fingerprint density at radius 2 is 1.92 bits per heavy atom. The summed E-state index contributed by atoms with van der Waals surface area (Å²) in [6.45, 7) is 0.623. The zero-order valence-corrected chi connectivity index (χ0v) is 13.3. The van der Waals surface area contributed by atoms with Gasteiger partial charge in [0.15, 0.2) is 0 Å². The van der Waals surface area contributed by atoms with Crippen LogP contribution in [-0.4, -0.2) is 21.1 Å². The summed E-state index contributed by atoms with van der Waals surface area (Å²) in [5.74, 6) is 0.0650. The second-order valence-corrected chi connectivity index (χ2v) is 5.23. The van der Waals surface area contributed by atoms with Crippen molar-refractivity contribution in [1.82, 2.24) is 20.5 Å². The lowest BCUT2D eigenvalue weighted by Crippen LogP contribution is -2.25. The van der Waals surface area contributed by atoms with Gasteiger partial charge in [-0.1, -0.05) is 36.4 Å². The van der Waals surface area contributed by atoms with E-state index in [0.717, 1.165) is 11.1 Å². The smallest absolute Gasteiger partial charge is 0.271 e. The number of H-pyrrole nitrogens is 1. The first-order chi connectivity index (χ1) is 12.2. The maximum Gasteiger partial charge on any atom is 0.271 e. The highest BCUT2D eigenvalue weighted by Gasteiger charge is 2.10. The van der Waals surface area contributed by atoms with Gasteiger partial charge in [0.2, 0.25) is 5.88 Å². The quantitative estimate of drug-likeness (QED) is 0.714. The Kier molecular flexibility index (Phi) is 5.16. The number of nitrogens with one attached hydrogen (secondary N) is 2. The summed E-state index contributed by atoms with van der Waals surface area (Å²) >= 11 is 0. The summed E-state index contributed by atoms with van der Waals surface area (Å²) in [6.07, 6.45) is 1.63. The average Bonchev–Trinajstić information content (AvgIpc) is 2.66. The van der Waals surface area contributed by atoms with Crippen LogP contribution in [0.4, 0.5) is 0 Å². The zero-order chi connectivity index (χ0) is 17.5. The standard InChI is InChI=1S/C18H16N4O3/c23-16-9-8-15(21-22-16)17(24)20-11-14-7-4-10-19-18(14)25-12-13-5-2-1-3-6-13/h1-10H,11-12H2,(H,20,24)(H,22,23). The predicted molar refractivity (Wildman–Crippen MR) is 91.0 cm³/mol. The molecule has 2 heterocycles. The van der Waals surface area contributed by atoms with Crippen molar-refractivity contribution in [3.8, 4) is 5.88 Å². The Labute approximate surface area is 143 Å². The number of rotatable bonds is 6. The van der Waals surface area contributed by atoms with Crippen molar-refractivity contribution in [1.29, 1.82) is 0 Å². The fourth-order valence-corrected chi connectivity index (χ4v) is 2.15. The molecule has 1 aromatic carbocycles. The van der Waals surface area contributed by atoms with E-state index in [9.17, 15) is 9.59 Å². The van der Waals surface area contributed by atoms with Crippen molar-refractivity contribution < 1.29 is 9.53 Å². The summed E-state index contributed by atoms with van der Waals surface area (Å²) in [6, 6.07) is 16.0. The average molecular weight is 336 g/mol. The molecule has 7 nitrogen and oxygen atoms in total. The van der Waals surface area contributed by atoms with Gasteiger partial charge in [0.25, 0.3) is 11.5 Å². The van der Waals surface area contributed by atoms with Gasteiger partial charge in [-0.25, -0.2) is 10.1 Å². The number of hydrogen-bond donors (Lipinski definition) is 2. The number of ether oxygens (including phenoxy) is 1. The van der Waals surface area contributed by atoms with Crippen LogP contribution < -0.4 is 15.6 Å². The largest absolute Gasteiger partial charge is 0.473 e. The molecule has 7 heteroatoms. The molecular formula is C18H16N4O3. The highest BCUT2D eigenvalue weighted by molar-refractivity contribution is 5.91. The lowest BCUT2D eigenvalue weighted by atomic mass is 10.2. The first kappa shape index (κ1) is 16.4. The van der Waals surface area contributed by atoms with Gasteiger partial charge in [0, 0.05) is 24.4 Å². The maximum atomic E-state index is 12.1. The van der Waals surface area contributed by atoms with Crippen LogP contribution >= 0.6 is 0 Å². The molecule has 0 radical (unpaired) electrons. The molecule has 0 aliphatic carbocycles. The van der Waals surface area contributed by atoms with Crippen LogP contribution in [0.25, 0.3) is 0 Å². The lowest BCUT2D eigenvalue weighted by molar-refractivity contribution is 0.0944. The number of carbonyl (C=O) groups excluding carboxylic acids is 1. The minimum absolute atomic E-state index is 0.134. The fourth-order valence-electron chi connectivity index (χ4n) is 2.15. The number of benzene rings is 1. The molecule has 0 saturated carbocycles. The number of aromatic amines is 1. The first-order valence-electron chi connectivity index (χ1n) is 7.67. The normalized spacial score (nSPS) is 10.2. The van der Waals surface area contributed by atoms with E-state index < -0.39 is 5.91 Å². The van der Waals surface area contributed by atoms with E-state index >= 15 is 0 Å². The Bertz CT molecular complexity index is 889. The molecule has 0 aliphatic heterocycles. The monoisotopic (exact) mass is 336 g/mol. The SMILES string of the molecule is O=C(NCc1cccnc1OCc1ccccc1)c1ccc(=O)[nH]n1. The number of carbonyl (C=O) groups is 1. The van der Waals surface area contributed by atoms with Gasteiger partial charge < -0.3 is 10.1 Å². The highest BCUT2D eigenvalue weighted by atomic mass is 16.5. The summed E-state index contributed by atoms with van der Waals surface area (Å²) < 4.78 is 5.75. The Morgan fingerprint density at radius 3 is 2.68 bits per heavy atom. The van der Waals surface area contributed by atoms with E-state index in [4.69, 9.17) is 4.74 Å². The van der Waals surface area contributed by atoms with Gasteiger partial charge >= 0.3 is 0 Å². The van der Waals surface area contributed by atoms with Crippen molar-refractivity contribution in [2.45, 2.75) is 13.2 Å². The molecule has 0 fully saturated rings. The molecule has 0 saturated heterocycles. The van der Waals surface area contributed by atoms with Crippen LogP contribution in [-0.2, 0) is 13.2 Å². The number of amides is 1. The molecule has 3 aromatic rings. The van der Waals surface area contributed by atoms with Gasteiger partial charge in [0.05, 0.1) is 0 Å². The number of pyridine rings is 1. The van der Waals surface area contributed by atoms with Crippen LogP contribution in [0.15, 0.2) is 65.6 Å². The fraction of sp³-hybridized carbons (Fsp3) is 0.111. The van der Waals surface area contributed by atoms with Crippen LogP contribution in [0.2, 0.25) is 0 Å². The van der Waals surface area contributed by atoms with E-state index in [1.807, 2.05) is 36.4 Å². The number of aromatic nitrogens is 3. The second kappa shape index (κ2) is 7.87. The summed E-state index contributed by atoms with van der Waals surface area (Å²) in [5, 5.41) is 8.65. The molecule has 0 unspecified atom stereocenters. The Hall–Kier alpha value is -3.48. The minimum Gasteiger partial charge on any atom is -0.473 e. The third-order valence-electron chi connectivity index (χ3n) is 3.42. The van der Waals surface area contributed by atoms with Crippen molar-refractivity contribution >= 4 is 5.91 Å². The van der Waals surface area contributed by atoms with Gasteiger partial charge in [-0.15, -0.1) is 0 Å². The topological polar surface area (TPSA) is 97.0 Å². The Balaban J connectivity index is 1.63.